The lowest BCUT2D eigenvalue weighted by Crippen LogP contribution is -2.58. The summed E-state index contributed by atoms with van der Waals surface area (Å²) < 4.78 is 2.58. The average molecular weight is 475 g/mol. The topological polar surface area (TPSA) is 41.4 Å². The maximum atomic E-state index is 12.5. The van der Waals surface area contributed by atoms with Gasteiger partial charge in [-0.05, 0) is 88.7 Å². The molecule has 7 rings (SSSR count). The second kappa shape index (κ2) is 8.90. The van der Waals surface area contributed by atoms with Crippen LogP contribution in [0.3, 0.4) is 0 Å². The van der Waals surface area contributed by atoms with Crippen LogP contribution >= 0.6 is 0 Å². The Kier molecular flexibility index (Phi) is 5.68. The van der Waals surface area contributed by atoms with Crippen LogP contribution in [0.4, 0.5) is 5.95 Å². The van der Waals surface area contributed by atoms with Gasteiger partial charge in [0, 0.05) is 30.7 Å². The minimum atomic E-state index is -0.00759. The molecule has 188 valence electrons. The van der Waals surface area contributed by atoms with Crippen LogP contribution in [0.5, 0.6) is 0 Å². The Labute approximate surface area is 210 Å². The van der Waals surface area contributed by atoms with Crippen molar-refractivity contribution in [3.05, 3.63) is 24.3 Å². The molecule has 2 saturated carbocycles. The molecule has 1 aromatic carbocycles. The van der Waals surface area contributed by atoms with Gasteiger partial charge < -0.3 is 9.47 Å². The SMILES string of the molecule is CC(=O)[C@@H]1CCCN1c1nc2ccccc2n1[C@H]1C[C@H]2CCC[C@@H](C1)N2[C@H]1C[C@@H]2CCC[C@@H](C2)C1. The van der Waals surface area contributed by atoms with Crippen LogP contribution in [-0.4, -0.2) is 50.9 Å². The van der Waals surface area contributed by atoms with Crippen LogP contribution in [0.2, 0.25) is 0 Å². The number of fused-ring (bicyclic) bond motifs is 5. The molecule has 35 heavy (non-hydrogen) atoms. The van der Waals surface area contributed by atoms with Gasteiger partial charge in [0.05, 0.1) is 17.1 Å². The number of piperidine rings is 2. The number of anilines is 1. The summed E-state index contributed by atoms with van der Waals surface area (Å²) in [5.41, 5.74) is 2.35. The van der Waals surface area contributed by atoms with E-state index in [0.29, 0.717) is 18.1 Å². The molecule has 5 fully saturated rings. The summed E-state index contributed by atoms with van der Waals surface area (Å²) in [5.74, 6) is 3.34. The molecule has 2 aliphatic carbocycles. The van der Waals surface area contributed by atoms with E-state index in [0.717, 1.165) is 48.7 Å². The summed E-state index contributed by atoms with van der Waals surface area (Å²) in [6, 6.07) is 11.4. The van der Waals surface area contributed by atoms with E-state index >= 15 is 0 Å². The van der Waals surface area contributed by atoms with Gasteiger partial charge >= 0.3 is 0 Å². The second-order valence-corrected chi connectivity index (χ2v) is 12.6. The highest BCUT2D eigenvalue weighted by atomic mass is 16.1. The maximum absolute atomic E-state index is 12.5. The van der Waals surface area contributed by atoms with Crippen molar-refractivity contribution in [2.75, 3.05) is 11.4 Å². The highest BCUT2D eigenvalue weighted by molar-refractivity contribution is 5.86. The molecule has 1 aromatic heterocycles. The molecular formula is C30H42N4O. The fraction of sp³-hybridized carbons (Fsp3) is 0.733. The van der Waals surface area contributed by atoms with Crippen LogP contribution in [0, 0.1) is 11.8 Å². The smallest absolute Gasteiger partial charge is 0.207 e. The van der Waals surface area contributed by atoms with Crippen molar-refractivity contribution in [2.45, 2.75) is 121 Å². The number of nitrogens with zero attached hydrogens (tertiary/aromatic N) is 4. The standard InChI is InChI=1S/C30H42N4O/c1-20(35)28-13-6-14-32(28)30-31-27-11-2-3-12-29(27)34(30)26-18-23-9-5-10-24(19-26)33(23)25-16-21-7-4-8-22(15-21)17-25/h2-3,11-12,21-26,28H,4-10,13-19H2,1H3/t21-,22+,23-,24+,25+,26+,28-/m0/s1. The summed E-state index contributed by atoms with van der Waals surface area (Å²) >= 11 is 0. The molecule has 7 atom stereocenters. The monoisotopic (exact) mass is 474 g/mol. The van der Waals surface area contributed by atoms with Crippen LogP contribution in [0.25, 0.3) is 11.0 Å². The third-order valence-electron chi connectivity index (χ3n) is 10.5. The van der Waals surface area contributed by atoms with Crippen LogP contribution in [0.15, 0.2) is 24.3 Å². The number of imidazole rings is 1. The molecular weight excluding hydrogens is 432 g/mol. The molecule has 3 aliphatic heterocycles. The number of hydrogen-bond acceptors (Lipinski definition) is 4. The van der Waals surface area contributed by atoms with Gasteiger partial charge in [0.2, 0.25) is 5.95 Å². The minimum absolute atomic E-state index is 0.00759. The lowest BCUT2D eigenvalue weighted by atomic mass is 9.68. The van der Waals surface area contributed by atoms with E-state index in [1.165, 1.54) is 76.1 Å². The number of benzene rings is 1. The van der Waals surface area contributed by atoms with Gasteiger partial charge in [0.1, 0.15) is 0 Å². The van der Waals surface area contributed by atoms with E-state index in [2.05, 4.69) is 38.6 Å². The van der Waals surface area contributed by atoms with E-state index in [1.54, 1.807) is 6.92 Å². The predicted octanol–water partition coefficient (Wildman–Crippen LogP) is 6.12. The number of rotatable bonds is 4. The Morgan fingerprint density at radius 2 is 1.51 bits per heavy atom. The fourth-order valence-electron chi connectivity index (χ4n) is 9.16. The number of hydrogen-bond donors (Lipinski definition) is 0. The van der Waals surface area contributed by atoms with Gasteiger partial charge in [-0.1, -0.05) is 37.8 Å². The number of ketones is 1. The maximum Gasteiger partial charge on any atom is 0.207 e. The van der Waals surface area contributed by atoms with Gasteiger partial charge in [0.25, 0.3) is 0 Å². The third-order valence-corrected chi connectivity index (χ3v) is 10.5. The zero-order chi connectivity index (χ0) is 23.5. The third kappa shape index (κ3) is 3.84. The molecule has 4 heterocycles. The molecule has 0 spiro atoms. The molecule has 0 N–H and O–H groups in total. The molecule has 0 radical (unpaired) electrons. The lowest BCUT2D eigenvalue weighted by Gasteiger charge is -2.55. The summed E-state index contributed by atoms with van der Waals surface area (Å²) in [7, 11) is 0. The molecule has 5 nitrogen and oxygen atoms in total. The molecule has 0 amide bonds. The Morgan fingerprint density at radius 1 is 0.800 bits per heavy atom. The second-order valence-electron chi connectivity index (χ2n) is 12.6. The quantitative estimate of drug-likeness (QED) is 0.535. The van der Waals surface area contributed by atoms with Crippen molar-refractivity contribution in [3.8, 4) is 0 Å². The Morgan fingerprint density at radius 3 is 2.26 bits per heavy atom. The van der Waals surface area contributed by atoms with Gasteiger partial charge in [0.15, 0.2) is 5.78 Å². The zero-order valence-electron chi connectivity index (χ0n) is 21.4. The van der Waals surface area contributed by atoms with Gasteiger partial charge in [-0.3, -0.25) is 9.69 Å². The molecule has 3 saturated heterocycles. The van der Waals surface area contributed by atoms with E-state index in [4.69, 9.17) is 4.98 Å². The minimum Gasteiger partial charge on any atom is -0.332 e. The summed E-state index contributed by atoms with van der Waals surface area (Å²) in [6.07, 6.45) is 17.5. The summed E-state index contributed by atoms with van der Waals surface area (Å²) in [5, 5.41) is 0. The van der Waals surface area contributed by atoms with Crippen molar-refractivity contribution >= 4 is 22.8 Å². The van der Waals surface area contributed by atoms with Gasteiger partial charge in [-0.25, -0.2) is 4.98 Å². The van der Waals surface area contributed by atoms with E-state index in [-0.39, 0.29) is 11.8 Å². The molecule has 4 bridgehead atoms. The van der Waals surface area contributed by atoms with Crippen molar-refractivity contribution in [1.82, 2.24) is 14.5 Å². The first kappa shape index (κ1) is 22.3. The summed E-state index contributed by atoms with van der Waals surface area (Å²) in [6.45, 7) is 2.71. The molecule has 5 aliphatic rings. The predicted molar refractivity (Wildman–Crippen MR) is 141 cm³/mol. The van der Waals surface area contributed by atoms with E-state index in [1.807, 2.05) is 0 Å². The number of para-hydroxylation sites is 2. The van der Waals surface area contributed by atoms with E-state index < -0.39 is 0 Å². The number of carbonyl (C=O) groups is 1. The molecule has 2 aromatic rings. The Balaban J connectivity index is 1.22. The first-order valence-corrected chi connectivity index (χ1v) is 14.7. The van der Waals surface area contributed by atoms with Crippen molar-refractivity contribution in [2.24, 2.45) is 11.8 Å². The number of carbonyl (C=O) groups excluding carboxylic acids is 1. The van der Waals surface area contributed by atoms with Crippen LogP contribution in [-0.2, 0) is 4.79 Å². The zero-order valence-corrected chi connectivity index (χ0v) is 21.4. The van der Waals surface area contributed by atoms with Gasteiger partial charge in [-0.2, -0.15) is 0 Å². The van der Waals surface area contributed by atoms with Crippen molar-refractivity contribution in [1.29, 1.82) is 0 Å². The van der Waals surface area contributed by atoms with Crippen molar-refractivity contribution in [3.63, 3.8) is 0 Å². The first-order valence-electron chi connectivity index (χ1n) is 14.7. The summed E-state index contributed by atoms with van der Waals surface area (Å²) in [4.78, 5) is 23.1. The Bertz CT molecular complexity index is 1070. The van der Waals surface area contributed by atoms with Gasteiger partial charge in [-0.15, -0.1) is 0 Å². The molecule has 0 unspecified atom stereocenters. The lowest BCUT2D eigenvalue weighted by molar-refractivity contribution is -0.118. The highest BCUT2D eigenvalue weighted by Gasteiger charge is 2.46. The van der Waals surface area contributed by atoms with E-state index in [9.17, 15) is 4.79 Å². The van der Waals surface area contributed by atoms with Crippen LogP contribution in [0.1, 0.15) is 96.4 Å². The van der Waals surface area contributed by atoms with Crippen LogP contribution < -0.4 is 4.90 Å². The first-order chi connectivity index (χ1) is 17.2. The number of Topliss-reactive ketones (excluding diaryl/α,β-unsaturated/α-hetero) is 1. The average Bonchev–Trinajstić information content (AvgIpc) is 3.48. The highest BCUT2D eigenvalue weighted by Crippen LogP contribution is 2.48. The normalized spacial score (nSPS) is 37.6. The number of aromatic nitrogens is 2. The Hall–Kier alpha value is -1.88. The largest absolute Gasteiger partial charge is 0.332 e. The fourth-order valence-corrected chi connectivity index (χ4v) is 9.16. The molecule has 5 heteroatoms. The van der Waals surface area contributed by atoms with Crippen molar-refractivity contribution < 1.29 is 4.79 Å².